The molecule has 106 valence electrons. The molecule has 0 radical (unpaired) electrons. The van der Waals surface area contributed by atoms with Crippen molar-refractivity contribution in [3.63, 3.8) is 0 Å². The van der Waals surface area contributed by atoms with Crippen LogP contribution in [0.2, 0.25) is 0 Å². The van der Waals surface area contributed by atoms with Crippen molar-refractivity contribution in [2.45, 2.75) is 31.8 Å². The normalized spacial score (nSPS) is 26.4. The fourth-order valence-electron chi connectivity index (χ4n) is 2.80. The van der Waals surface area contributed by atoms with E-state index in [0.29, 0.717) is 13.2 Å². The molecule has 1 aliphatic carbocycles. The minimum Gasteiger partial charge on any atom is -0.497 e. The Morgan fingerprint density at radius 3 is 2.53 bits per heavy atom. The van der Waals surface area contributed by atoms with Gasteiger partial charge < -0.3 is 20.3 Å². The van der Waals surface area contributed by atoms with E-state index in [0.717, 1.165) is 37.2 Å². The minimum atomic E-state index is -0.281. The van der Waals surface area contributed by atoms with Crippen LogP contribution in [0.5, 0.6) is 11.5 Å². The van der Waals surface area contributed by atoms with Gasteiger partial charge in [0.25, 0.3) is 0 Å². The second-order valence-corrected chi connectivity index (χ2v) is 5.25. The standard InChI is InChI=1S/C15H23NO3/c1-18-12-4-6-13(7-5-12)19-10-9-15(11-16)8-2-3-14(15)17/h4-7,14,17H,2-3,8-11,16H2,1H3. The molecule has 1 fully saturated rings. The number of methoxy groups -OCH3 is 1. The highest BCUT2D eigenvalue weighted by atomic mass is 16.5. The highest BCUT2D eigenvalue weighted by molar-refractivity contribution is 5.31. The van der Waals surface area contributed by atoms with E-state index in [4.69, 9.17) is 15.2 Å². The number of hydrogen-bond acceptors (Lipinski definition) is 4. The van der Waals surface area contributed by atoms with Crippen molar-refractivity contribution in [3.05, 3.63) is 24.3 Å². The molecule has 0 amide bonds. The van der Waals surface area contributed by atoms with Gasteiger partial charge in [0.1, 0.15) is 11.5 Å². The predicted molar refractivity (Wildman–Crippen MR) is 74.5 cm³/mol. The average Bonchev–Trinajstić information content (AvgIpc) is 2.81. The van der Waals surface area contributed by atoms with Gasteiger partial charge in [-0.25, -0.2) is 0 Å². The average molecular weight is 265 g/mol. The van der Waals surface area contributed by atoms with E-state index in [1.807, 2.05) is 24.3 Å². The van der Waals surface area contributed by atoms with Crippen molar-refractivity contribution in [3.8, 4) is 11.5 Å². The van der Waals surface area contributed by atoms with Crippen LogP contribution in [0, 0.1) is 5.41 Å². The van der Waals surface area contributed by atoms with Crippen molar-refractivity contribution in [2.75, 3.05) is 20.3 Å². The summed E-state index contributed by atoms with van der Waals surface area (Å²) >= 11 is 0. The molecule has 3 N–H and O–H groups in total. The van der Waals surface area contributed by atoms with E-state index in [1.54, 1.807) is 7.11 Å². The van der Waals surface area contributed by atoms with Crippen LogP contribution in [0.25, 0.3) is 0 Å². The SMILES string of the molecule is COc1ccc(OCCC2(CN)CCCC2O)cc1. The Morgan fingerprint density at radius 2 is 2.00 bits per heavy atom. The molecule has 0 aliphatic heterocycles. The van der Waals surface area contributed by atoms with Gasteiger partial charge in [0.15, 0.2) is 0 Å². The highest BCUT2D eigenvalue weighted by Gasteiger charge is 2.40. The van der Waals surface area contributed by atoms with E-state index in [1.165, 1.54) is 0 Å². The first-order valence-corrected chi connectivity index (χ1v) is 6.85. The summed E-state index contributed by atoms with van der Waals surface area (Å²) in [5, 5.41) is 10.1. The van der Waals surface area contributed by atoms with Crippen molar-refractivity contribution >= 4 is 0 Å². The third-order valence-electron chi connectivity index (χ3n) is 4.19. The molecule has 0 aromatic heterocycles. The number of hydrogen-bond donors (Lipinski definition) is 2. The number of ether oxygens (including phenoxy) is 2. The molecule has 1 saturated carbocycles. The van der Waals surface area contributed by atoms with Gasteiger partial charge in [0.2, 0.25) is 0 Å². The Labute approximate surface area is 114 Å². The Balaban J connectivity index is 1.85. The summed E-state index contributed by atoms with van der Waals surface area (Å²) in [4.78, 5) is 0. The molecule has 4 heteroatoms. The summed E-state index contributed by atoms with van der Waals surface area (Å²) < 4.78 is 10.8. The first-order chi connectivity index (χ1) is 9.20. The molecule has 0 saturated heterocycles. The lowest BCUT2D eigenvalue weighted by molar-refractivity contribution is 0.0413. The summed E-state index contributed by atoms with van der Waals surface area (Å²) in [6.07, 6.45) is 3.44. The monoisotopic (exact) mass is 265 g/mol. The fraction of sp³-hybridized carbons (Fsp3) is 0.600. The number of benzene rings is 1. The van der Waals surface area contributed by atoms with Crippen LogP contribution in [-0.4, -0.2) is 31.5 Å². The molecule has 0 bridgehead atoms. The Bertz CT molecular complexity index is 393. The number of nitrogens with two attached hydrogens (primary N) is 1. The van der Waals surface area contributed by atoms with Crippen LogP contribution in [0.3, 0.4) is 0 Å². The molecule has 2 rings (SSSR count). The summed E-state index contributed by atoms with van der Waals surface area (Å²) in [5.74, 6) is 1.64. The van der Waals surface area contributed by atoms with Gasteiger partial charge in [-0.05, 0) is 43.5 Å². The Hall–Kier alpha value is -1.26. The molecule has 2 atom stereocenters. The van der Waals surface area contributed by atoms with Gasteiger partial charge in [-0.3, -0.25) is 0 Å². The van der Waals surface area contributed by atoms with Crippen LogP contribution in [-0.2, 0) is 0 Å². The molecule has 0 spiro atoms. The quantitative estimate of drug-likeness (QED) is 0.825. The van der Waals surface area contributed by atoms with E-state index >= 15 is 0 Å². The van der Waals surface area contributed by atoms with Gasteiger partial charge in [-0.2, -0.15) is 0 Å². The summed E-state index contributed by atoms with van der Waals surface area (Å²) in [6.45, 7) is 1.11. The van der Waals surface area contributed by atoms with Crippen LogP contribution in [0.1, 0.15) is 25.7 Å². The molecule has 2 unspecified atom stereocenters. The largest absolute Gasteiger partial charge is 0.497 e. The maximum absolute atomic E-state index is 10.1. The van der Waals surface area contributed by atoms with E-state index in [9.17, 15) is 5.11 Å². The predicted octanol–water partition coefficient (Wildman–Crippen LogP) is 1.95. The van der Waals surface area contributed by atoms with Gasteiger partial charge in [-0.15, -0.1) is 0 Å². The molecule has 1 aliphatic rings. The van der Waals surface area contributed by atoms with E-state index < -0.39 is 0 Å². The zero-order valence-electron chi connectivity index (χ0n) is 11.5. The number of aliphatic hydroxyl groups is 1. The third kappa shape index (κ3) is 3.19. The summed E-state index contributed by atoms with van der Waals surface area (Å²) in [7, 11) is 1.64. The van der Waals surface area contributed by atoms with Crippen molar-refractivity contribution < 1.29 is 14.6 Å². The summed E-state index contributed by atoms with van der Waals surface area (Å²) in [6, 6.07) is 7.52. The van der Waals surface area contributed by atoms with Crippen molar-refractivity contribution in [1.29, 1.82) is 0 Å². The van der Waals surface area contributed by atoms with Crippen LogP contribution >= 0.6 is 0 Å². The molecule has 19 heavy (non-hydrogen) atoms. The number of aliphatic hydroxyl groups excluding tert-OH is 1. The van der Waals surface area contributed by atoms with Crippen molar-refractivity contribution in [1.82, 2.24) is 0 Å². The molecule has 1 aromatic carbocycles. The molecule has 0 heterocycles. The molecule has 1 aromatic rings. The molecular formula is C15H23NO3. The van der Waals surface area contributed by atoms with Crippen molar-refractivity contribution in [2.24, 2.45) is 11.1 Å². The molecular weight excluding hydrogens is 242 g/mol. The topological polar surface area (TPSA) is 64.7 Å². The van der Waals surface area contributed by atoms with Gasteiger partial charge in [-0.1, -0.05) is 6.42 Å². The lowest BCUT2D eigenvalue weighted by Crippen LogP contribution is -2.38. The zero-order valence-corrected chi connectivity index (χ0v) is 11.5. The van der Waals surface area contributed by atoms with Gasteiger partial charge >= 0.3 is 0 Å². The van der Waals surface area contributed by atoms with Gasteiger partial charge in [0.05, 0.1) is 19.8 Å². The fourth-order valence-corrected chi connectivity index (χ4v) is 2.80. The lowest BCUT2D eigenvalue weighted by atomic mass is 9.81. The Morgan fingerprint density at radius 1 is 1.32 bits per heavy atom. The second-order valence-electron chi connectivity index (χ2n) is 5.25. The zero-order chi connectivity index (χ0) is 13.7. The van der Waals surface area contributed by atoms with Gasteiger partial charge in [0, 0.05) is 12.0 Å². The maximum atomic E-state index is 10.1. The summed E-state index contributed by atoms with van der Waals surface area (Å²) in [5.41, 5.74) is 5.70. The highest BCUT2D eigenvalue weighted by Crippen LogP contribution is 2.40. The smallest absolute Gasteiger partial charge is 0.119 e. The first kappa shape index (κ1) is 14.2. The van der Waals surface area contributed by atoms with E-state index in [-0.39, 0.29) is 11.5 Å². The molecule has 4 nitrogen and oxygen atoms in total. The van der Waals surface area contributed by atoms with Crippen LogP contribution in [0.4, 0.5) is 0 Å². The Kier molecular flexibility index (Phi) is 4.66. The maximum Gasteiger partial charge on any atom is 0.119 e. The van der Waals surface area contributed by atoms with E-state index in [2.05, 4.69) is 0 Å². The lowest BCUT2D eigenvalue weighted by Gasteiger charge is -2.31. The minimum absolute atomic E-state index is 0.146. The number of rotatable bonds is 6. The van der Waals surface area contributed by atoms with Crippen LogP contribution in [0.15, 0.2) is 24.3 Å². The third-order valence-corrected chi connectivity index (χ3v) is 4.19. The van der Waals surface area contributed by atoms with Crippen LogP contribution < -0.4 is 15.2 Å². The second kappa shape index (κ2) is 6.26. The first-order valence-electron chi connectivity index (χ1n) is 6.85.